The van der Waals surface area contributed by atoms with Gasteiger partial charge in [-0.2, -0.15) is 0 Å². The minimum absolute atomic E-state index is 0.00850. The first kappa shape index (κ1) is 38.0. The molecule has 1 aromatic rings. The van der Waals surface area contributed by atoms with Crippen LogP contribution in [0.5, 0.6) is 11.5 Å². The van der Waals surface area contributed by atoms with Gasteiger partial charge in [-0.15, -0.1) is 0 Å². The zero-order valence-corrected chi connectivity index (χ0v) is 28.9. The molecule has 2 heteroatoms. The van der Waals surface area contributed by atoms with Crippen molar-refractivity contribution in [2.24, 2.45) is 0 Å². The molecule has 1 aromatic carbocycles. The second-order valence-electron chi connectivity index (χ2n) is 12.8. The smallest absolute Gasteiger partial charge is 0.160 e. The summed E-state index contributed by atoms with van der Waals surface area (Å²) < 4.78 is 0. The number of para-hydroxylation sites is 1. The summed E-state index contributed by atoms with van der Waals surface area (Å²) >= 11 is 0. The first-order chi connectivity index (χ1) is 20.5. The van der Waals surface area contributed by atoms with Crippen molar-refractivity contribution in [1.82, 2.24) is 0 Å². The summed E-state index contributed by atoms with van der Waals surface area (Å²) in [5, 5.41) is 19.6. The lowest BCUT2D eigenvalue weighted by molar-refractivity contribution is 0.400. The number of phenols is 2. The predicted octanol–water partition coefficient (Wildman–Crippen LogP) is 13.0. The van der Waals surface area contributed by atoms with Crippen molar-refractivity contribution in [3.8, 4) is 11.5 Å². The lowest BCUT2D eigenvalue weighted by Gasteiger charge is -2.05. The van der Waals surface area contributed by atoms with Gasteiger partial charge < -0.3 is 10.2 Å². The normalized spacial score (nSPS) is 14.0. The summed E-state index contributed by atoms with van der Waals surface area (Å²) in [5.74, 6) is -0.0616. The summed E-state index contributed by atoms with van der Waals surface area (Å²) in [4.78, 5) is 0. The Morgan fingerprint density at radius 2 is 0.791 bits per heavy atom. The number of aromatic hydroxyl groups is 2. The van der Waals surface area contributed by atoms with E-state index in [1.807, 2.05) is 6.07 Å². The summed E-state index contributed by atoms with van der Waals surface area (Å²) in [5.41, 5.74) is 11.0. The molecule has 0 fully saturated rings. The van der Waals surface area contributed by atoms with Gasteiger partial charge in [-0.25, -0.2) is 0 Å². The number of allylic oxidation sites excluding steroid dienone is 14. The number of benzene rings is 1. The van der Waals surface area contributed by atoms with E-state index in [2.05, 4.69) is 97.9 Å². The maximum absolute atomic E-state index is 9.96. The first-order valence-electron chi connectivity index (χ1n) is 16.5. The summed E-state index contributed by atoms with van der Waals surface area (Å²) in [6, 6.07) is 5.13. The van der Waals surface area contributed by atoms with E-state index in [0.29, 0.717) is 6.42 Å². The molecule has 238 valence electrons. The monoisotopic (exact) mass is 586 g/mol. The van der Waals surface area contributed by atoms with Gasteiger partial charge in [0.1, 0.15) is 0 Å². The highest BCUT2D eigenvalue weighted by Gasteiger charge is 2.04. The van der Waals surface area contributed by atoms with Gasteiger partial charge in [0.05, 0.1) is 0 Å². The molecular weight excluding hydrogens is 524 g/mol. The Balaban J connectivity index is 2.26. The molecule has 0 amide bonds. The Morgan fingerprint density at radius 1 is 0.465 bits per heavy atom. The van der Waals surface area contributed by atoms with E-state index in [0.717, 1.165) is 69.8 Å². The van der Waals surface area contributed by atoms with E-state index < -0.39 is 0 Å². The average Bonchev–Trinajstić information content (AvgIpc) is 2.93. The minimum Gasteiger partial charge on any atom is -0.504 e. The van der Waals surface area contributed by atoms with Crippen LogP contribution in [-0.4, -0.2) is 10.2 Å². The van der Waals surface area contributed by atoms with E-state index in [4.69, 9.17) is 0 Å². The molecule has 0 spiro atoms. The Morgan fingerprint density at radius 3 is 1.14 bits per heavy atom. The molecule has 0 saturated heterocycles. The zero-order chi connectivity index (χ0) is 32.0. The molecule has 2 N–H and O–H groups in total. The van der Waals surface area contributed by atoms with Crippen molar-refractivity contribution in [3.63, 3.8) is 0 Å². The molecule has 0 saturated carbocycles. The zero-order valence-electron chi connectivity index (χ0n) is 28.9. The van der Waals surface area contributed by atoms with Crippen LogP contribution in [0, 0.1) is 0 Å². The Bertz CT molecular complexity index is 1180. The highest BCUT2D eigenvalue weighted by molar-refractivity contribution is 5.45. The lowest BCUT2D eigenvalue weighted by Crippen LogP contribution is -1.86. The van der Waals surface area contributed by atoms with Crippen LogP contribution in [0.25, 0.3) is 0 Å². The van der Waals surface area contributed by atoms with Crippen LogP contribution in [0.3, 0.4) is 0 Å². The molecule has 43 heavy (non-hydrogen) atoms. The standard InChI is InChI=1S/C41H62O2/c1-32(2)16-9-17-33(3)18-10-19-34(4)20-11-21-35(5)22-12-23-36(6)24-13-25-37(7)26-14-27-38(8)30-31-39-28-15-29-40(42)41(39)43/h15-16,18,20,22,24,26,28-30,42-43H,9-14,17,19,21,23,25,27,31H2,1-8H3/b33-18+,34-20+,35-22+,36-24+,37-26+,38-30+. The molecule has 0 aromatic heterocycles. The third kappa shape index (κ3) is 19.7. The SMILES string of the molecule is CC(C)=CCC/C(C)=C/CC/C(C)=C/CC/C(C)=C/CC/C(C)=C/CC/C(C)=C/CC/C(C)=C/Cc1cccc(O)c1O. The molecule has 0 atom stereocenters. The third-order valence-corrected chi connectivity index (χ3v) is 8.02. The van der Waals surface area contributed by atoms with E-state index in [-0.39, 0.29) is 11.5 Å². The number of hydrogen-bond donors (Lipinski definition) is 2. The van der Waals surface area contributed by atoms with Crippen LogP contribution in [0.1, 0.15) is 138 Å². The maximum Gasteiger partial charge on any atom is 0.160 e. The molecule has 0 unspecified atom stereocenters. The number of phenolic OH excluding ortho intramolecular Hbond substituents is 2. The quantitative estimate of drug-likeness (QED) is 0.118. The van der Waals surface area contributed by atoms with Gasteiger partial charge >= 0.3 is 0 Å². The molecule has 0 aliphatic carbocycles. The molecule has 0 radical (unpaired) electrons. The maximum atomic E-state index is 9.96. The minimum atomic E-state index is -0.0531. The van der Waals surface area contributed by atoms with E-state index >= 15 is 0 Å². The third-order valence-electron chi connectivity index (χ3n) is 8.02. The second kappa shape index (κ2) is 22.5. The highest BCUT2D eigenvalue weighted by Crippen LogP contribution is 2.29. The van der Waals surface area contributed by atoms with Gasteiger partial charge in [0, 0.05) is 5.56 Å². The molecule has 1 rings (SSSR count). The molecular formula is C41H62O2. The average molecular weight is 587 g/mol. The van der Waals surface area contributed by atoms with Crippen LogP contribution in [0.2, 0.25) is 0 Å². The van der Waals surface area contributed by atoms with Gasteiger partial charge in [-0.3, -0.25) is 0 Å². The van der Waals surface area contributed by atoms with Crippen molar-refractivity contribution in [3.05, 3.63) is 105 Å². The van der Waals surface area contributed by atoms with Gasteiger partial charge in [0.25, 0.3) is 0 Å². The van der Waals surface area contributed by atoms with Gasteiger partial charge in [-0.1, -0.05) is 93.7 Å². The van der Waals surface area contributed by atoms with E-state index in [9.17, 15) is 10.2 Å². The Kier molecular flexibility index (Phi) is 19.9. The molecule has 0 bridgehead atoms. The van der Waals surface area contributed by atoms with Crippen molar-refractivity contribution in [1.29, 1.82) is 0 Å². The fraction of sp³-hybridized carbons (Fsp3) is 0.512. The fourth-order valence-corrected chi connectivity index (χ4v) is 4.96. The Hall–Kier alpha value is -3.00. The summed E-state index contributed by atoms with van der Waals surface area (Å²) in [7, 11) is 0. The Labute approximate surface area is 265 Å². The second-order valence-corrected chi connectivity index (χ2v) is 12.8. The molecule has 0 aliphatic rings. The first-order valence-corrected chi connectivity index (χ1v) is 16.5. The van der Waals surface area contributed by atoms with Crippen LogP contribution < -0.4 is 0 Å². The van der Waals surface area contributed by atoms with Crippen LogP contribution in [0.4, 0.5) is 0 Å². The highest BCUT2D eigenvalue weighted by atomic mass is 16.3. The predicted molar refractivity (Wildman–Crippen MR) is 191 cm³/mol. The van der Waals surface area contributed by atoms with Crippen LogP contribution in [0.15, 0.2) is 99.7 Å². The fourth-order valence-electron chi connectivity index (χ4n) is 4.96. The number of hydrogen-bond acceptors (Lipinski definition) is 2. The van der Waals surface area contributed by atoms with Gasteiger partial charge in [0.2, 0.25) is 0 Å². The van der Waals surface area contributed by atoms with Gasteiger partial charge in [0.15, 0.2) is 11.5 Å². The van der Waals surface area contributed by atoms with Crippen molar-refractivity contribution in [2.75, 3.05) is 0 Å². The van der Waals surface area contributed by atoms with Crippen molar-refractivity contribution >= 4 is 0 Å². The van der Waals surface area contributed by atoms with E-state index in [1.165, 1.54) is 57.9 Å². The summed E-state index contributed by atoms with van der Waals surface area (Å²) in [6.45, 7) is 17.8. The van der Waals surface area contributed by atoms with Gasteiger partial charge in [-0.05, 0) is 145 Å². The van der Waals surface area contributed by atoms with Crippen molar-refractivity contribution in [2.45, 2.75) is 139 Å². The van der Waals surface area contributed by atoms with E-state index in [1.54, 1.807) is 6.07 Å². The molecule has 2 nitrogen and oxygen atoms in total. The van der Waals surface area contributed by atoms with Crippen LogP contribution >= 0.6 is 0 Å². The molecule has 0 heterocycles. The largest absolute Gasteiger partial charge is 0.504 e. The topological polar surface area (TPSA) is 40.5 Å². The molecule has 0 aliphatic heterocycles. The summed E-state index contributed by atoms with van der Waals surface area (Å²) in [6.07, 6.45) is 30.7. The van der Waals surface area contributed by atoms with Crippen molar-refractivity contribution < 1.29 is 10.2 Å². The number of rotatable bonds is 20. The van der Waals surface area contributed by atoms with Crippen LogP contribution in [-0.2, 0) is 6.42 Å². The lowest BCUT2D eigenvalue weighted by atomic mass is 10.0.